The maximum absolute atomic E-state index is 9.68. The lowest BCUT2D eigenvalue weighted by Crippen LogP contribution is -2.08. The van der Waals surface area contributed by atoms with E-state index >= 15 is 0 Å². The molecule has 4 rings (SSSR count). The lowest BCUT2D eigenvalue weighted by molar-refractivity contribution is 1.24. The normalized spacial score (nSPS) is 14.7. The van der Waals surface area contributed by atoms with Gasteiger partial charge in [-0.2, -0.15) is 0 Å². The van der Waals surface area contributed by atoms with Crippen molar-refractivity contribution < 1.29 is 0 Å². The van der Waals surface area contributed by atoms with E-state index in [0.29, 0.717) is 0 Å². The van der Waals surface area contributed by atoms with E-state index in [2.05, 4.69) is 29.1 Å². The summed E-state index contributed by atoms with van der Waals surface area (Å²) in [6.07, 6.45) is 0.768. The van der Waals surface area contributed by atoms with E-state index in [4.69, 9.17) is 6.57 Å². The van der Waals surface area contributed by atoms with E-state index < -0.39 is 0 Å². The van der Waals surface area contributed by atoms with E-state index in [0.717, 1.165) is 45.4 Å². The maximum Gasteiger partial charge on any atom is 0.270 e. The largest absolute Gasteiger partial charge is 0.270 e. The van der Waals surface area contributed by atoms with Crippen LogP contribution in [0.2, 0.25) is 0 Å². The van der Waals surface area contributed by atoms with Gasteiger partial charge in [-0.15, -0.1) is 0 Å². The second-order valence-electron chi connectivity index (χ2n) is 6.37. The van der Waals surface area contributed by atoms with Crippen molar-refractivity contribution in [2.75, 3.05) is 0 Å². The second kappa shape index (κ2) is 7.16. The second-order valence-corrected chi connectivity index (χ2v) is 6.37. The Morgan fingerprint density at radius 2 is 1.41 bits per heavy atom. The van der Waals surface area contributed by atoms with E-state index in [9.17, 15) is 5.26 Å². The fourth-order valence-corrected chi connectivity index (χ4v) is 3.67. The number of rotatable bonds is 2. The van der Waals surface area contributed by atoms with Crippen LogP contribution in [0.15, 0.2) is 90.6 Å². The zero-order chi connectivity index (χ0) is 18.6. The molecule has 2 heteroatoms. The molecule has 0 aliphatic heterocycles. The summed E-state index contributed by atoms with van der Waals surface area (Å²) in [5.74, 6) is 0. The molecule has 126 valence electrons. The highest BCUT2D eigenvalue weighted by atomic mass is 14.7. The molecule has 0 saturated heterocycles. The predicted molar refractivity (Wildman–Crippen MR) is 109 cm³/mol. The third-order valence-electron chi connectivity index (χ3n) is 4.84. The van der Waals surface area contributed by atoms with Crippen LogP contribution in [0.5, 0.6) is 0 Å². The van der Waals surface area contributed by atoms with E-state index in [1.54, 1.807) is 0 Å². The molecule has 0 heterocycles. The van der Waals surface area contributed by atoms with Crippen LogP contribution in [0.25, 0.3) is 21.6 Å². The number of hydrogen-bond acceptors (Lipinski definition) is 1. The quantitative estimate of drug-likeness (QED) is 0.413. The molecule has 3 aromatic rings. The van der Waals surface area contributed by atoms with Crippen LogP contribution in [-0.2, 0) is 6.42 Å². The summed E-state index contributed by atoms with van der Waals surface area (Å²) in [5, 5.41) is 9.68. The van der Waals surface area contributed by atoms with Gasteiger partial charge in [0, 0.05) is 5.57 Å². The van der Waals surface area contributed by atoms with Crippen molar-refractivity contribution in [3.05, 3.63) is 124 Å². The monoisotopic (exact) mass is 344 g/mol. The van der Waals surface area contributed by atoms with Gasteiger partial charge in [0.05, 0.1) is 12.6 Å². The Morgan fingerprint density at radius 1 is 0.815 bits per heavy atom. The number of benzene rings is 3. The van der Waals surface area contributed by atoms with Crippen LogP contribution in [0, 0.1) is 17.9 Å². The molecule has 27 heavy (non-hydrogen) atoms. The molecule has 3 aromatic carbocycles. The molecule has 0 unspecified atom stereocenters. The minimum Gasteiger partial charge on any atom is -0.226 e. The third kappa shape index (κ3) is 2.95. The van der Waals surface area contributed by atoms with Crippen molar-refractivity contribution in [2.24, 2.45) is 0 Å². The van der Waals surface area contributed by atoms with Crippen LogP contribution in [0.3, 0.4) is 0 Å². The molecule has 0 aromatic heterocycles. The summed E-state index contributed by atoms with van der Waals surface area (Å²) in [5.41, 5.74) is 7.25. The third-order valence-corrected chi connectivity index (χ3v) is 4.84. The van der Waals surface area contributed by atoms with Gasteiger partial charge >= 0.3 is 0 Å². The summed E-state index contributed by atoms with van der Waals surface area (Å²) in [6, 6.07) is 30.5. The average Bonchev–Trinajstić information content (AvgIpc) is 2.75. The SMILES string of the molecule is [C-]#[N+]/C(C#N)=C1/C(c2ccccc2)=C(c2ccccc2)Cc2ccccc21. The Hall–Kier alpha value is -3.88. The molecule has 0 amide bonds. The first-order valence-corrected chi connectivity index (χ1v) is 8.78. The van der Waals surface area contributed by atoms with E-state index in [1.165, 1.54) is 0 Å². The molecule has 0 fully saturated rings. The van der Waals surface area contributed by atoms with Gasteiger partial charge in [0.15, 0.2) is 0 Å². The smallest absolute Gasteiger partial charge is 0.226 e. The zero-order valence-corrected chi connectivity index (χ0v) is 14.7. The molecule has 1 aliphatic carbocycles. The number of nitriles is 1. The minimum absolute atomic E-state index is 0.134. The van der Waals surface area contributed by atoms with Gasteiger partial charge < -0.3 is 0 Å². The van der Waals surface area contributed by atoms with E-state index in [1.807, 2.05) is 66.7 Å². The molecule has 0 bridgehead atoms. The fraction of sp³-hybridized carbons (Fsp3) is 0.0400. The van der Waals surface area contributed by atoms with Crippen LogP contribution in [-0.4, -0.2) is 0 Å². The average molecular weight is 344 g/mol. The summed E-state index contributed by atoms with van der Waals surface area (Å²) < 4.78 is 0. The van der Waals surface area contributed by atoms with Gasteiger partial charge in [-0.1, -0.05) is 84.9 Å². The first kappa shape index (κ1) is 16.6. The molecule has 2 nitrogen and oxygen atoms in total. The van der Waals surface area contributed by atoms with Crippen LogP contribution in [0.1, 0.15) is 22.3 Å². The molecule has 0 N–H and O–H groups in total. The molecule has 0 saturated carbocycles. The van der Waals surface area contributed by atoms with Gasteiger partial charge in [0.2, 0.25) is 0 Å². The maximum atomic E-state index is 9.68. The summed E-state index contributed by atoms with van der Waals surface area (Å²) in [6.45, 7) is 7.58. The highest BCUT2D eigenvalue weighted by Crippen LogP contribution is 2.46. The molecule has 0 radical (unpaired) electrons. The van der Waals surface area contributed by atoms with Crippen LogP contribution >= 0.6 is 0 Å². The van der Waals surface area contributed by atoms with Gasteiger partial charge in [-0.25, -0.2) is 10.1 Å². The summed E-state index contributed by atoms with van der Waals surface area (Å²) >= 11 is 0. The molecule has 0 spiro atoms. The summed E-state index contributed by atoms with van der Waals surface area (Å²) in [4.78, 5) is 3.57. The van der Waals surface area contributed by atoms with Crippen molar-refractivity contribution in [3.63, 3.8) is 0 Å². The lowest BCUT2D eigenvalue weighted by atomic mass is 9.76. The molecule has 1 aliphatic rings. The molecular weight excluding hydrogens is 328 g/mol. The molecular formula is C25H16N2. The predicted octanol–water partition coefficient (Wildman–Crippen LogP) is 6.01. The van der Waals surface area contributed by atoms with Gasteiger partial charge in [-0.3, -0.25) is 0 Å². The topological polar surface area (TPSA) is 28.1 Å². The Bertz CT molecular complexity index is 1120. The number of hydrogen-bond donors (Lipinski definition) is 0. The number of nitrogens with zero attached hydrogens (tertiary/aromatic N) is 2. The number of allylic oxidation sites excluding steroid dienone is 4. The summed E-state index contributed by atoms with van der Waals surface area (Å²) in [7, 11) is 0. The van der Waals surface area contributed by atoms with Crippen molar-refractivity contribution >= 4 is 16.7 Å². The highest BCUT2D eigenvalue weighted by Gasteiger charge is 2.27. The van der Waals surface area contributed by atoms with Crippen molar-refractivity contribution in [1.82, 2.24) is 0 Å². The minimum atomic E-state index is 0.134. The Labute approximate surface area is 159 Å². The van der Waals surface area contributed by atoms with Crippen molar-refractivity contribution in [3.8, 4) is 6.07 Å². The van der Waals surface area contributed by atoms with Gasteiger partial charge in [-0.05, 0) is 39.8 Å². The first-order valence-electron chi connectivity index (χ1n) is 8.78. The standard InChI is InChI=1S/C25H16N2/c1-27-23(17-26)25-21-15-9-8-14-20(21)16-22(18-10-4-2-5-11-18)24(25)19-12-6-3-7-13-19/h2-15H,16H2/b25-23+. The van der Waals surface area contributed by atoms with Gasteiger partial charge in [0.25, 0.3) is 5.70 Å². The van der Waals surface area contributed by atoms with Gasteiger partial charge in [0.1, 0.15) is 0 Å². The Balaban J connectivity index is 2.13. The highest BCUT2D eigenvalue weighted by molar-refractivity contribution is 6.19. The Morgan fingerprint density at radius 3 is 2.04 bits per heavy atom. The van der Waals surface area contributed by atoms with Crippen LogP contribution < -0.4 is 0 Å². The first-order chi connectivity index (χ1) is 13.3. The van der Waals surface area contributed by atoms with E-state index in [-0.39, 0.29) is 5.70 Å². The van der Waals surface area contributed by atoms with Crippen molar-refractivity contribution in [1.29, 1.82) is 5.26 Å². The lowest BCUT2D eigenvalue weighted by Gasteiger charge is -2.27. The zero-order valence-electron chi connectivity index (χ0n) is 14.7. The fourth-order valence-electron chi connectivity index (χ4n) is 3.67. The molecule has 0 atom stereocenters. The number of fused-ring (bicyclic) bond motifs is 1. The van der Waals surface area contributed by atoms with Crippen molar-refractivity contribution in [2.45, 2.75) is 6.42 Å². The Kier molecular flexibility index (Phi) is 4.40. The van der Waals surface area contributed by atoms with Crippen LogP contribution in [0.4, 0.5) is 0 Å².